The van der Waals surface area contributed by atoms with Crippen LogP contribution in [0.4, 0.5) is 0 Å². The Morgan fingerprint density at radius 2 is 2.38 bits per heavy atom. The van der Waals surface area contributed by atoms with Gasteiger partial charge in [0.15, 0.2) is 0 Å². The van der Waals surface area contributed by atoms with Crippen molar-refractivity contribution in [1.82, 2.24) is 0 Å². The summed E-state index contributed by atoms with van der Waals surface area (Å²) < 4.78 is 10.9. The van der Waals surface area contributed by atoms with E-state index in [4.69, 9.17) is 14.7 Å². The average molecular weight is 181 g/mol. The molecule has 1 atom stereocenters. The summed E-state index contributed by atoms with van der Waals surface area (Å²) in [7, 11) is 0. The molecule has 2 aliphatic rings. The van der Waals surface area contributed by atoms with Crippen LogP contribution >= 0.6 is 0 Å². The molecule has 3 nitrogen and oxygen atoms in total. The second-order valence-corrected chi connectivity index (χ2v) is 4.13. The molecular weight excluding hydrogens is 166 g/mol. The first-order chi connectivity index (χ1) is 6.35. The molecule has 0 amide bonds. The third-order valence-corrected chi connectivity index (χ3v) is 2.92. The van der Waals surface area contributed by atoms with E-state index in [1.54, 1.807) is 0 Å². The van der Waals surface area contributed by atoms with Crippen LogP contribution in [0, 0.1) is 16.7 Å². The zero-order valence-corrected chi connectivity index (χ0v) is 7.79. The number of nitriles is 1. The van der Waals surface area contributed by atoms with Gasteiger partial charge in [0, 0.05) is 18.4 Å². The molecule has 13 heavy (non-hydrogen) atoms. The van der Waals surface area contributed by atoms with Crippen LogP contribution in [0.2, 0.25) is 0 Å². The molecular formula is C10H15NO2. The van der Waals surface area contributed by atoms with Crippen LogP contribution < -0.4 is 0 Å². The Labute approximate surface area is 78.6 Å². The molecule has 2 fully saturated rings. The summed E-state index contributed by atoms with van der Waals surface area (Å²) in [6.07, 6.45) is 4.28. The first-order valence-corrected chi connectivity index (χ1v) is 4.91. The third kappa shape index (κ3) is 2.20. The lowest BCUT2D eigenvalue weighted by atomic mass is 10.1. The van der Waals surface area contributed by atoms with Crippen molar-refractivity contribution in [1.29, 1.82) is 5.26 Å². The summed E-state index contributed by atoms with van der Waals surface area (Å²) in [6, 6.07) is 2.23. The van der Waals surface area contributed by atoms with Crippen LogP contribution in [0.5, 0.6) is 0 Å². The summed E-state index contributed by atoms with van der Waals surface area (Å²) in [5.41, 5.74) is 0.220. The Bertz CT molecular complexity index is 211. The minimum atomic E-state index is 0.220. The van der Waals surface area contributed by atoms with E-state index in [0.717, 1.165) is 39.1 Å². The molecule has 0 bridgehead atoms. The molecule has 1 heterocycles. The van der Waals surface area contributed by atoms with E-state index < -0.39 is 0 Å². The van der Waals surface area contributed by atoms with E-state index in [2.05, 4.69) is 6.07 Å². The summed E-state index contributed by atoms with van der Waals surface area (Å²) >= 11 is 0. The smallest absolute Gasteiger partial charge is 0.0830 e. The molecule has 0 radical (unpaired) electrons. The second-order valence-electron chi connectivity index (χ2n) is 4.13. The average Bonchev–Trinajstić information content (AvgIpc) is 2.71. The fourth-order valence-electron chi connectivity index (χ4n) is 1.66. The van der Waals surface area contributed by atoms with Crippen LogP contribution in [-0.2, 0) is 9.47 Å². The molecule has 0 N–H and O–H groups in total. The minimum Gasteiger partial charge on any atom is -0.379 e. The van der Waals surface area contributed by atoms with Gasteiger partial charge in [-0.05, 0) is 19.3 Å². The predicted octanol–water partition coefficient (Wildman–Crippen LogP) is 1.49. The molecule has 3 heteroatoms. The first-order valence-electron chi connectivity index (χ1n) is 4.91. The van der Waals surface area contributed by atoms with E-state index >= 15 is 0 Å². The van der Waals surface area contributed by atoms with E-state index in [1.807, 2.05) is 0 Å². The number of hydrogen-bond donors (Lipinski definition) is 0. The Hall–Kier alpha value is -0.590. The SMILES string of the molecule is N#CCC1(COC2CCOC2)CC1. The zero-order chi connectivity index (χ0) is 9.15. The van der Waals surface area contributed by atoms with Crippen LogP contribution in [0.1, 0.15) is 25.7 Å². The summed E-state index contributed by atoms with van der Waals surface area (Å²) in [4.78, 5) is 0. The fourth-order valence-corrected chi connectivity index (χ4v) is 1.66. The summed E-state index contributed by atoms with van der Waals surface area (Å²) in [6.45, 7) is 2.33. The Balaban J connectivity index is 1.70. The second kappa shape index (κ2) is 3.65. The molecule has 1 saturated heterocycles. The van der Waals surface area contributed by atoms with Gasteiger partial charge in [-0.25, -0.2) is 0 Å². The molecule has 1 aliphatic carbocycles. The molecule has 0 spiro atoms. The zero-order valence-electron chi connectivity index (χ0n) is 7.79. The molecule has 0 aromatic carbocycles. The number of nitrogens with zero attached hydrogens (tertiary/aromatic N) is 1. The first kappa shape index (κ1) is 8.98. The highest BCUT2D eigenvalue weighted by atomic mass is 16.5. The van der Waals surface area contributed by atoms with Gasteiger partial charge in [0.05, 0.1) is 25.4 Å². The van der Waals surface area contributed by atoms with Gasteiger partial charge < -0.3 is 9.47 Å². The Morgan fingerprint density at radius 1 is 1.54 bits per heavy atom. The summed E-state index contributed by atoms with van der Waals surface area (Å²) in [5, 5.41) is 8.60. The Morgan fingerprint density at radius 3 is 2.92 bits per heavy atom. The minimum absolute atomic E-state index is 0.220. The van der Waals surface area contributed by atoms with Gasteiger partial charge in [0.1, 0.15) is 0 Å². The van der Waals surface area contributed by atoms with Gasteiger partial charge in [-0.2, -0.15) is 5.26 Å². The maximum absolute atomic E-state index is 8.60. The normalized spacial score (nSPS) is 29.9. The highest BCUT2D eigenvalue weighted by Gasteiger charge is 2.43. The molecule has 72 valence electrons. The quantitative estimate of drug-likeness (QED) is 0.659. The van der Waals surface area contributed by atoms with E-state index in [1.165, 1.54) is 0 Å². The fraction of sp³-hybridized carbons (Fsp3) is 0.900. The Kier molecular flexibility index (Phi) is 2.52. The van der Waals surface area contributed by atoms with Crippen molar-refractivity contribution in [3.63, 3.8) is 0 Å². The van der Waals surface area contributed by atoms with Crippen LogP contribution in [0.15, 0.2) is 0 Å². The maximum atomic E-state index is 8.60. The number of rotatable bonds is 4. The lowest BCUT2D eigenvalue weighted by molar-refractivity contribution is 0.0167. The van der Waals surface area contributed by atoms with E-state index in [0.29, 0.717) is 6.42 Å². The molecule has 1 unspecified atom stereocenters. The maximum Gasteiger partial charge on any atom is 0.0830 e. The van der Waals surface area contributed by atoms with Crippen molar-refractivity contribution in [2.24, 2.45) is 5.41 Å². The van der Waals surface area contributed by atoms with Crippen molar-refractivity contribution in [2.75, 3.05) is 19.8 Å². The molecule has 2 rings (SSSR count). The van der Waals surface area contributed by atoms with Crippen LogP contribution in [0.25, 0.3) is 0 Å². The van der Waals surface area contributed by atoms with Crippen molar-refractivity contribution < 1.29 is 9.47 Å². The predicted molar refractivity (Wildman–Crippen MR) is 47.1 cm³/mol. The van der Waals surface area contributed by atoms with Crippen molar-refractivity contribution in [3.8, 4) is 6.07 Å². The van der Waals surface area contributed by atoms with Crippen LogP contribution in [-0.4, -0.2) is 25.9 Å². The van der Waals surface area contributed by atoms with Gasteiger partial charge in [-0.3, -0.25) is 0 Å². The van der Waals surface area contributed by atoms with Gasteiger partial charge in [-0.15, -0.1) is 0 Å². The van der Waals surface area contributed by atoms with Crippen LogP contribution in [0.3, 0.4) is 0 Å². The highest BCUT2D eigenvalue weighted by molar-refractivity contribution is 4.99. The lowest BCUT2D eigenvalue weighted by Gasteiger charge is -2.15. The van der Waals surface area contributed by atoms with Gasteiger partial charge in [0.25, 0.3) is 0 Å². The monoisotopic (exact) mass is 181 g/mol. The number of hydrogen-bond acceptors (Lipinski definition) is 3. The van der Waals surface area contributed by atoms with Crippen molar-refractivity contribution in [2.45, 2.75) is 31.8 Å². The number of ether oxygens (including phenoxy) is 2. The molecule has 1 aliphatic heterocycles. The van der Waals surface area contributed by atoms with Gasteiger partial charge in [0.2, 0.25) is 0 Å². The molecule has 0 aromatic heterocycles. The lowest BCUT2D eigenvalue weighted by Crippen LogP contribution is -2.19. The van der Waals surface area contributed by atoms with Crippen molar-refractivity contribution in [3.05, 3.63) is 0 Å². The topological polar surface area (TPSA) is 42.2 Å². The van der Waals surface area contributed by atoms with E-state index in [-0.39, 0.29) is 11.5 Å². The van der Waals surface area contributed by atoms with Crippen molar-refractivity contribution >= 4 is 0 Å². The van der Waals surface area contributed by atoms with E-state index in [9.17, 15) is 0 Å². The molecule has 1 saturated carbocycles. The standard InChI is InChI=1S/C10H15NO2/c11-5-4-10(2-3-10)8-13-9-1-6-12-7-9/h9H,1-4,6-8H2. The van der Waals surface area contributed by atoms with Gasteiger partial charge in [-0.1, -0.05) is 0 Å². The molecule has 0 aromatic rings. The largest absolute Gasteiger partial charge is 0.379 e. The highest BCUT2D eigenvalue weighted by Crippen LogP contribution is 2.48. The third-order valence-electron chi connectivity index (χ3n) is 2.92. The summed E-state index contributed by atoms with van der Waals surface area (Å²) in [5.74, 6) is 0. The van der Waals surface area contributed by atoms with Gasteiger partial charge >= 0.3 is 0 Å².